The first kappa shape index (κ1) is 49.8. The fraction of sp³-hybridized carbons (Fsp3) is 0.385. The van der Waals surface area contributed by atoms with Gasteiger partial charge in [-0.3, -0.25) is 29.2 Å². The van der Waals surface area contributed by atoms with Crippen molar-refractivity contribution < 1.29 is 19.8 Å². The Kier molecular flexibility index (Phi) is 17.1. The van der Waals surface area contributed by atoms with Gasteiger partial charge in [-0.1, -0.05) is 24.3 Å². The van der Waals surface area contributed by atoms with Crippen LogP contribution in [0.2, 0.25) is 0 Å². The molecular formula is C52H64N16O4. The van der Waals surface area contributed by atoms with E-state index >= 15 is 0 Å². The van der Waals surface area contributed by atoms with Gasteiger partial charge in [-0.15, -0.1) is 0 Å². The largest absolute Gasteiger partial charge is 0.395 e. The molecule has 2 amide bonds. The SMILES string of the molecule is O=C1CN2CCN(Cc3cccc(c3)Nc3nccc(n3)-c3ccc(nc3)NCCCN1)C(CO)C2.O=C1CN2CCN(Cc3cccc(c3)Nc3nccc(n3)-c3ccc(nc3)NCCCN1)C(CO)C2. The molecule has 10 aliphatic rings. The molecule has 10 aliphatic heterocycles. The average Bonchev–Trinajstić information content (AvgIpc) is 3.40. The summed E-state index contributed by atoms with van der Waals surface area (Å²) in [5.74, 6) is 2.63. The summed E-state index contributed by atoms with van der Waals surface area (Å²) in [4.78, 5) is 60.8. The minimum Gasteiger partial charge on any atom is -0.395 e. The van der Waals surface area contributed by atoms with Gasteiger partial charge in [0.15, 0.2) is 0 Å². The third kappa shape index (κ3) is 14.0. The Hall–Kier alpha value is -7.20. The Morgan fingerprint density at radius 3 is 1.40 bits per heavy atom. The van der Waals surface area contributed by atoms with Crippen molar-refractivity contribution in [3.63, 3.8) is 0 Å². The lowest BCUT2D eigenvalue weighted by atomic mass is 10.1. The molecule has 72 heavy (non-hydrogen) atoms. The number of anilines is 6. The minimum atomic E-state index is -0.0222. The van der Waals surface area contributed by atoms with Crippen LogP contribution >= 0.6 is 0 Å². The van der Waals surface area contributed by atoms with Crippen LogP contribution in [0.1, 0.15) is 24.0 Å². The molecule has 0 saturated carbocycles. The predicted octanol–water partition coefficient (Wildman–Crippen LogP) is 3.39. The molecule has 16 bridgehead atoms. The van der Waals surface area contributed by atoms with Crippen LogP contribution in [0.5, 0.6) is 0 Å². The molecule has 2 aromatic carbocycles. The summed E-state index contributed by atoms with van der Waals surface area (Å²) >= 11 is 0. The van der Waals surface area contributed by atoms with Gasteiger partial charge in [0.1, 0.15) is 11.6 Å². The lowest BCUT2D eigenvalue weighted by Gasteiger charge is -2.40. The number of carbonyl (C=O) groups is 2. The van der Waals surface area contributed by atoms with Crippen LogP contribution < -0.4 is 31.9 Å². The van der Waals surface area contributed by atoms with E-state index in [9.17, 15) is 19.8 Å². The van der Waals surface area contributed by atoms with Crippen molar-refractivity contribution >= 4 is 46.7 Å². The fourth-order valence-electron chi connectivity index (χ4n) is 9.23. The Labute approximate surface area is 419 Å². The van der Waals surface area contributed by atoms with E-state index in [1.165, 1.54) is 0 Å². The van der Waals surface area contributed by atoms with E-state index in [4.69, 9.17) is 0 Å². The zero-order valence-corrected chi connectivity index (χ0v) is 40.5. The smallest absolute Gasteiger partial charge is 0.234 e. The number of pyridine rings is 2. The zero-order chi connectivity index (χ0) is 49.5. The summed E-state index contributed by atoms with van der Waals surface area (Å²) in [6.07, 6.45) is 8.65. The van der Waals surface area contributed by atoms with Crippen LogP contribution in [0.25, 0.3) is 22.5 Å². The fourth-order valence-corrected chi connectivity index (χ4v) is 9.23. The van der Waals surface area contributed by atoms with Gasteiger partial charge in [-0.25, -0.2) is 29.9 Å². The monoisotopic (exact) mass is 977 g/mol. The first-order valence-corrected chi connectivity index (χ1v) is 24.8. The molecule has 2 fully saturated rings. The van der Waals surface area contributed by atoms with E-state index in [2.05, 4.69) is 106 Å². The van der Waals surface area contributed by atoms with Crippen molar-refractivity contribution in [2.45, 2.75) is 38.0 Å². The quantitative estimate of drug-likeness (QED) is 0.124. The average molecular weight is 977 g/mol. The number of rotatable bonds is 2. The number of aliphatic hydroxyl groups is 2. The Bertz CT molecular complexity index is 2530. The van der Waals surface area contributed by atoms with Gasteiger partial charge in [-0.2, -0.15) is 0 Å². The van der Waals surface area contributed by atoms with Gasteiger partial charge in [0.05, 0.1) is 37.7 Å². The maximum absolute atomic E-state index is 12.5. The second kappa shape index (κ2) is 24.8. The minimum absolute atomic E-state index is 0.0163. The molecule has 0 spiro atoms. The normalized spacial score (nSPS) is 22.8. The number of carbonyl (C=O) groups excluding carboxylic acids is 2. The molecule has 0 aliphatic carbocycles. The van der Waals surface area contributed by atoms with Crippen molar-refractivity contribution in [1.29, 1.82) is 0 Å². The summed E-state index contributed by atoms with van der Waals surface area (Å²) < 4.78 is 0. The highest BCUT2D eigenvalue weighted by Crippen LogP contribution is 2.25. The third-order valence-corrected chi connectivity index (χ3v) is 13.1. The number of hydrogen-bond donors (Lipinski definition) is 8. The molecule has 20 heteroatoms. The van der Waals surface area contributed by atoms with Gasteiger partial charge >= 0.3 is 0 Å². The van der Waals surface area contributed by atoms with Crippen molar-refractivity contribution in [3.8, 4) is 22.5 Å². The standard InChI is InChI=1S/2C26H32N8O2/c2*35-18-22-16-33-11-12-34(22)15-19-3-1-4-21(13-19)31-26-29-10-7-23(32-26)20-5-6-24(30-14-20)27-8-2-9-28-25(36)17-33/h2*1,3-7,10,13-14,22,35H,2,8-9,11-12,15-18H2,(H,27,30)(H,28,36)(H,29,31,32). The third-order valence-electron chi connectivity index (χ3n) is 13.1. The lowest BCUT2D eigenvalue weighted by Crippen LogP contribution is -2.55. The van der Waals surface area contributed by atoms with Gasteiger partial charge in [0.25, 0.3) is 0 Å². The molecule has 4 aromatic heterocycles. The number of hydrogen-bond acceptors (Lipinski definition) is 18. The van der Waals surface area contributed by atoms with E-state index in [-0.39, 0.29) is 37.1 Å². The van der Waals surface area contributed by atoms with E-state index in [1.54, 1.807) is 24.8 Å². The summed E-state index contributed by atoms with van der Waals surface area (Å²) in [6, 6.07) is 27.8. The highest BCUT2D eigenvalue weighted by atomic mass is 16.3. The number of aliphatic hydroxyl groups excluding tert-OH is 2. The van der Waals surface area contributed by atoms with Gasteiger partial charge in [-0.05, 0) is 84.6 Å². The molecule has 6 atom stereocenters. The van der Waals surface area contributed by atoms with E-state index in [1.807, 2.05) is 60.7 Å². The van der Waals surface area contributed by atoms with E-state index in [0.717, 1.165) is 95.7 Å². The summed E-state index contributed by atoms with van der Waals surface area (Å²) in [6.45, 7) is 9.29. The number of nitrogens with zero attached hydrogens (tertiary/aromatic N) is 10. The van der Waals surface area contributed by atoms with Gasteiger partial charge in [0, 0.05) is 138 Å². The first-order chi connectivity index (χ1) is 35.3. The Morgan fingerprint density at radius 1 is 0.514 bits per heavy atom. The summed E-state index contributed by atoms with van der Waals surface area (Å²) in [5, 5.41) is 39.3. The second-order valence-corrected chi connectivity index (χ2v) is 18.4. The van der Waals surface area contributed by atoms with Gasteiger partial charge < -0.3 is 42.1 Å². The van der Waals surface area contributed by atoms with Crippen LogP contribution in [-0.4, -0.2) is 175 Å². The van der Waals surface area contributed by atoms with Crippen molar-refractivity contribution in [1.82, 2.24) is 60.1 Å². The summed E-state index contributed by atoms with van der Waals surface area (Å²) in [7, 11) is 0. The topological polar surface area (TPSA) is 237 Å². The predicted molar refractivity (Wildman–Crippen MR) is 278 cm³/mol. The second-order valence-electron chi connectivity index (χ2n) is 18.4. The molecule has 0 radical (unpaired) electrons. The van der Waals surface area contributed by atoms with Gasteiger partial charge in [0.2, 0.25) is 23.7 Å². The number of benzene rings is 2. The van der Waals surface area contributed by atoms with Crippen LogP contribution in [0.4, 0.5) is 34.9 Å². The Balaban J connectivity index is 0.000000178. The van der Waals surface area contributed by atoms with Crippen molar-refractivity contribution in [3.05, 3.63) is 121 Å². The first-order valence-electron chi connectivity index (χ1n) is 24.8. The molecule has 14 heterocycles. The maximum Gasteiger partial charge on any atom is 0.234 e. The molecule has 376 valence electrons. The molecule has 6 unspecified atom stereocenters. The highest BCUT2D eigenvalue weighted by Gasteiger charge is 2.29. The van der Waals surface area contributed by atoms with Crippen LogP contribution in [0.3, 0.4) is 0 Å². The summed E-state index contributed by atoms with van der Waals surface area (Å²) in [5.41, 5.74) is 7.43. The molecule has 16 rings (SSSR count). The number of aromatic nitrogens is 6. The Morgan fingerprint density at radius 2 is 0.972 bits per heavy atom. The molecule has 6 aromatic rings. The highest BCUT2D eigenvalue weighted by molar-refractivity contribution is 5.78. The zero-order valence-electron chi connectivity index (χ0n) is 40.5. The number of piperazine rings is 2. The van der Waals surface area contributed by atoms with E-state index < -0.39 is 0 Å². The lowest BCUT2D eigenvalue weighted by molar-refractivity contribution is -0.124. The van der Waals surface area contributed by atoms with Crippen molar-refractivity contribution in [2.24, 2.45) is 0 Å². The molecule has 2 saturated heterocycles. The number of amides is 2. The van der Waals surface area contributed by atoms with Crippen molar-refractivity contribution in [2.75, 3.05) is 113 Å². The molecule has 8 N–H and O–H groups in total. The van der Waals surface area contributed by atoms with Crippen LogP contribution in [-0.2, 0) is 22.7 Å². The van der Waals surface area contributed by atoms with Crippen LogP contribution in [0.15, 0.2) is 110 Å². The number of nitrogens with one attached hydrogen (secondary N) is 6. The molecular weight excluding hydrogens is 913 g/mol. The van der Waals surface area contributed by atoms with E-state index in [0.29, 0.717) is 77.3 Å². The van der Waals surface area contributed by atoms with Crippen LogP contribution in [0, 0.1) is 0 Å². The maximum atomic E-state index is 12.5. The molecule has 20 nitrogen and oxygen atoms in total.